The molecule has 1 heterocycles. The SMILES string of the molecule is CCCC(C)(C)C1OCC(CC)(CN)CO1. The fraction of sp³-hybridized carbons (Fsp3) is 1.00. The zero-order valence-electron chi connectivity index (χ0n) is 11.2. The van der Waals surface area contributed by atoms with Gasteiger partial charge in [0, 0.05) is 17.4 Å². The van der Waals surface area contributed by atoms with Crippen molar-refractivity contribution in [3.63, 3.8) is 0 Å². The van der Waals surface area contributed by atoms with Crippen LogP contribution in [0, 0.1) is 10.8 Å². The highest BCUT2D eigenvalue weighted by molar-refractivity contribution is 4.84. The molecule has 3 nitrogen and oxygen atoms in total. The third-order valence-corrected chi connectivity index (χ3v) is 3.80. The summed E-state index contributed by atoms with van der Waals surface area (Å²) in [5.41, 5.74) is 5.94. The number of hydrogen-bond acceptors (Lipinski definition) is 3. The Balaban J connectivity index is 2.54. The van der Waals surface area contributed by atoms with E-state index in [2.05, 4.69) is 27.7 Å². The lowest BCUT2D eigenvalue weighted by atomic mass is 9.83. The molecule has 16 heavy (non-hydrogen) atoms. The van der Waals surface area contributed by atoms with Crippen molar-refractivity contribution >= 4 is 0 Å². The minimum absolute atomic E-state index is 0.0405. The molecule has 1 aliphatic heterocycles. The predicted molar refractivity (Wildman–Crippen MR) is 66.2 cm³/mol. The lowest BCUT2D eigenvalue weighted by Crippen LogP contribution is -2.50. The molecule has 1 rings (SSSR count). The van der Waals surface area contributed by atoms with Crippen LogP contribution in [-0.2, 0) is 9.47 Å². The van der Waals surface area contributed by atoms with Gasteiger partial charge in [0.1, 0.15) is 0 Å². The van der Waals surface area contributed by atoms with Crippen LogP contribution in [0.1, 0.15) is 47.0 Å². The van der Waals surface area contributed by atoms with Crippen molar-refractivity contribution in [2.75, 3.05) is 19.8 Å². The topological polar surface area (TPSA) is 44.5 Å². The Labute approximate surface area is 99.7 Å². The average Bonchev–Trinajstić information content (AvgIpc) is 2.29. The average molecular weight is 229 g/mol. The smallest absolute Gasteiger partial charge is 0.162 e. The Morgan fingerprint density at radius 2 is 1.81 bits per heavy atom. The molecule has 0 radical (unpaired) electrons. The maximum atomic E-state index is 5.89. The van der Waals surface area contributed by atoms with E-state index in [1.54, 1.807) is 0 Å². The fourth-order valence-electron chi connectivity index (χ4n) is 2.27. The summed E-state index contributed by atoms with van der Waals surface area (Å²) in [7, 11) is 0. The minimum atomic E-state index is -0.0707. The van der Waals surface area contributed by atoms with E-state index in [0.29, 0.717) is 6.54 Å². The molecule has 3 heteroatoms. The molecule has 96 valence electrons. The normalized spacial score (nSPS) is 31.7. The quantitative estimate of drug-likeness (QED) is 0.788. The largest absolute Gasteiger partial charge is 0.351 e. The van der Waals surface area contributed by atoms with E-state index in [-0.39, 0.29) is 17.1 Å². The van der Waals surface area contributed by atoms with E-state index < -0.39 is 0 Å². The first-order valence-corrected chi connectivity index (χ1v) is 6.43. The van der Waals surface area contributed by atoms with Crippen LogP contribution >= 0.6 is 0 Å². The van der Waals surface area contributed by atoms with Crippen molar-refractivity contribution in [1.82, 2.24) is 0 Å². The van der Waals surface area contributed by atoms with Crippen LogP contribution in [0.3, 0.4) is 0 Å². The van der Waals surface area contributed by atoms with Gasteiger partial charge in [0.2, 0.25) is 0 Å². The van der Waals surface area contributed by atoms with Gasteiger partial charge >= 0.3 is 0 Å². The molecule has 0 aromatic carbocycles. The highest BCUT2D eigenvalue weighted by atomic mass is 16.7. The minimum Gasteiger partial charge on any atom is -0.351 e. The summed E-state index contributed by atoms with van der Waals surface area (Å²) in [5.74, 6) is 0. The van der Waals surface area contributed by atoms with Gasteiger partial charge < -0.3 is 15.2 Å². The highest BCUT2D eigenvalue weighted by Gasteiger charge is 2.40. The molecule has 1 fully saturated rings. The molecule has 0 atom stereocenters. The predicted octanol–water partition coefficient (Wildman–Crippen LogP) is 2.54. The summed E-state index contributed by atoms with van der Waals surface area (Å²) < 4.78 is 11.8. The van der Waals surface area contributed by atoms with E-state index >= 15 is 0 Å². The Morgan fingerprint density at radius 1 is 1.25 bits per heavy atom. The van der Waals surface area contributed by atoms with Crippen molar-refractivity contribution < 1.29 is 9.47 Å². The zero-order chi connectivity index (χ0) is 12.2. The van der Waals surface area contributed by atoms with Gasteiger partial charge in [0.05, 0.1) is 13.2 Å². The first kappa shape index (κ1) is 13.9. The number of hydrogen-bond donors (Lipinski definition) is 1. The van der Waals surface area contributed by atoms with Crippen LogP contribution in [0.15, 0.2) is 0 Å². The fourth-order valence-corrected chi connectivity index (χ4v) is 2.27. The van der Waals surface area contributed by atoms with E-state index in [1.807, 2.05) is 0 Å². The van der Waals surface area contributed by atoms with Gasteiger partial charge in [-0.15, -0.1) is 0 Å². The number of nitrogens with two attached hydrogens (primary N) is 1. The molecule has 2 N–H and O–H groups in total. The molecule has 0 aromatic rings. The lowest BCUT2D eigenvalue weighted by Gasteiger charge is -2.44. The molecule has 1 saturated heterocycles. The summed E-state index contributed by atoms with van der Waals surface area (Å²) in [4.78, 5) is 0. The van der Waals surface area contributed by atoms with Crippen molar-refractivity contribution in [3.05, 3.63) is 0 Å². The molecule has 0 aliphatic carbocycles. The summed E-state index contributed by atoms with van der Waals surface area (Å²) in [5, 5.41) is 0. The maximum Gasteiger partial charge on any atom is 0.162 e. The van der Waals surface area contributed by atoms with Crippen molar-refractivity contribution in [3.8, 4) is 0 Å². The van der Waals surface area contributed by atoms with Crippen LogP contribution in [0.2, 0.25) is 0 Å². The number of ether oxygens (including phenoxy) is 2. The van der Waals surface area contributed by atoms with E-state index in [4.69, 9.17) is 15.2 Å². The van der Waals surface area contributed by atoms with Crippen LogP contribution in [0.4, 0.5) is 0 Å². The van der Waals surface area contributed by atoms with Gasteiger partial charge in [0.15, 0.2) is 6.29 Å². The van der Waals surface area contributed by atoms with Gasteiger partial charge in [-0.25, -0.2) is 0 Å². The molecule has 0 bridgehead atoms. The third-order valence-electron chi connectivity index (χ3n) is 3.80. The first-order chi connectivity index (χ1) is 7.49. The van der Waals surface area contributed by atoms with Crippen LogP contribution < -0.4 is 5.73 Å². The molecule has 0 saturated carbocycles. The van der Waals surface area contributed by atoms with Gasteiger partial charge in [-0.3, -0.25) is 0 Å². The van der Waals surface area contributed by atoms with Crippen LogP contribution in [0.25, 0.3) is 0 Å². The van der Waals surface area contributed by atoms with E-state index in [9.17, 15) is 0 Å². The monoisotopic (exact) mass is 229 g/mol. The molecule has 0 unspecified atom stereocenters. The standard InChI is InChI=1S/C13H27NO2/c1-5-7-12(3,4)11-15-9-13(6-2,8-14)10-16-11/h11H,5-10,14H2,1-4H3. The number of rotatable bonds is 5. The summed E-state index contributed by atoms with van der Waals surface area (Å²) >= 11 is 0. The Kier molecular flexibility index (Phi) is 4.77. The lowest BCUT2D eigenvalue weighted by molar-refractivity contribution is -0.268. The summed E-state index contributed by atoms with van der Waals surface area (Å²) in [6.45, 7) is 10.9. The molecule has 0 spiro atoms. The van der Waals surface area contributed by atoms with Gasteiger partial charge in [-0.1, -0.05) is 34.1 Å². The summed E-state index contributed by atoms with van der Waals surface area (Å²) in [6.07, 6.45) is 3.23. The maximum absolute atomic E-state index is 5.89. The Morgan fingerprint density at radius 3 is 2.19 bits per heavy atom. The van der Waals surface area contributed by atoms with Crippen molar-refractivity contribution in [2.24, 2.45) is 16.6 Å². The van der Waals surface area contributed by atoms with Crippen LogP contribution in [0.5, 0.6) is 0 Å². The first-order valence-electron chi connectivity index (χ1n) is 6.43. The van der Waals surface area contributed by atoms with Crippen LogP contribution in [-0.4, -0.2) is 26.0 Å². The van der Waals surface area contributed by atoms with Gasteiger partial charge in [0.25, 0.3) is 0 Å². The summed E-state index contributed by atoms with van der Waals surface area (Å²) in [6, 6.07) is 0. The Hall–Kier alpha value is -0.120. The van der Waals surface area contributed by atoms with E-state index in [0.717, 1.165) is 32.5 Å². The third kappa shape index (κ3) is 2.96. The van der Waals surface area contributed by atoms with Crippen molar-refractivity contribution in [1.29, 1.82) is 0 Å². The molecule has 1 aliphatic rings. The molecular formula is C13H27NO2. The second kappa shape index (κ2) is 5.48. The van der Waals surface area contributed by atoms with Gasteiger partial charge in [-0.2, -0.15) is 0 Å². The second-order valence-corrected chi connectivity index (χ2v) is 5.75. The zero-order valence-corrected chi connectivity index (χ0v) is 11.2. The molecular weight excluding hydrogens is 202 g/mol. The Bertz CT molecular complexity index is 202. The second-order valence-electron chi connectivity index (χ2n) is 5.75. The van der Waals surface area contributed by atoms with Gasteiger partial charge in [-0.05, 0) is 12.8 Å². The molecule has 0 aromatic heterocycles. The highest BCUT2D eigenvalue weighted by Crippen LogP contribution is 2.36. The van der Waals surface area contributed by atoms with Crippen molar-refractivity contribution in [2.45, 2.75) is 53.2 Å². The molecule has 0 amide bonds. The van der Waals surface area contributed by atoms with E-state index in [1.165, 1.54) is 0 Å².